The lowest BCUT2D eigenvalue weighted by molar-refractivity contribution is -0.120. The molecule has 1 aliphatic rings. The molecule has 0 spiro atoms. The highest BCUT2D eigenvalue weighted by molar-refractivity contribution is 5.77. The SMILES string of the molecule is CCCNCC(=O)NCC1CCCCC1CO. The molecule has 4 heteroatoms. The van der Waals surface area contributed by atoms with Gasteiger partial charge >= 0.3 is 0 Å². The zero-order valence-corrected chi connectivity index (χ0v) is 10.9. The highest BCUT2D eigenvalue weighted by Crippen LogP contribution is 2.28. The smallest absolute Gasteiger partial charge is 0.233 e. The predicted molar refractivity (Wildman–Crippen MR) is 68.7 cm³/mol. The first-order valence-corrected chi connectivity index (χ1v) is 6.86. The third-order valence-electron chi connectivity index (χ3n) is 3.57. The van der Waals surface area contributed by atoms with Crippen molar-refractivity contribution in [2.75, 3.05) is 26.2 Å². The number of amides is 1. The van der Waals surface area contributed by atoms with Crippen molar-refractivity contribution in [2.45, 2.75) is 39.0 Å². The fourth-order valence-electron chi connectivity index (χ4n) is 2.48. The second-order valence-corrected chi connectivity index (χ2v) is 4.97. The molecule has 100 valence electrons. The number of aliphatic hydroxyl groups excluding tert-OH is 1. The molecule has 3 N–H and O–H groups in total. The average Bonchev–Trinajstić information content (AvgIpc) is 2.37. The Morgan fingerprint density at radius 3 is 2.65 bits per heavy atom. The maximum absolute atomic E-state index is 11.5. The molecule has 1 amide bonds. The monoisotopic (exact) mass is 242 g/mol. The lowest BCUT2D eigenvalue weighted by Gasteiger charge is -2.30. The Kier molecular flexibility index (Phi) is 7.21. The molecule has 4 nitrogen and oxygen atoms in total. The van der Waals surface area contributed by atoms with Crippen molar-refractivity contribution in [1.29, 1.82) is 0 Å². The Balaban J connectivity index is 2.17. The minimum atomic E-state index is 0.0701. The van der Waals surface area contributed by atoms with Crippen molar-refractivity contribution in [3.63, 3.8) is 0 Å². The van der Waals surface area contributed by atoms with E-state index in [2.05, 4.69) is 17.6 Å². The first-order valence-electron chi connectivity index (χ1n) is 6.86. The number of rotatable bonds is 7. The Morgan fingerprint density at radius 2 is 2.00 bits per heavy atom. The fourth-order valence-corrected chi connectivity index (χ4v) is 2.48. The van der Waals surface area contributed by atoms with Crippen molar-refractivity contribution in [2.24, 2.45) is 11.8 Å². The lowest BCUT2D eigenvalue weighted by atomic mass is 9.79. The molecule has 0 aliphatic heterocycles. The van der Waals surface area contributed by atoms with Crippen LogP contribution in [0.3, 0.4) is 0 Å². The molecule has 0 aromatic heterocycles. The highest BCUT2D eigenvalue weighted by Gasteiger charge is 2.24. The summed E-state index contributed by atoms with van der Waals surface area (Å²) in [7, 11) is 0. The van der Waals surface area contributed by atoms with Gasteiger partial charge in [0.15, 0.2) is 0 Å². The fraction of sp³-hybridized carbons (Fsp3) is 0.923. The van der Waals surface area contributed by atoms with Crippen LogP contribution in [0.15, 0.2) is 0 Å². The third-order valence-corrected chi connectivity index (χ3v) is 3.57. The highest BCUT2D eigenvalue weighted by atomic mass is 16.3. The number of aliphatic hydroxyl groups is 1. The molecule has 1 saturated carbocycles. The zero-order valence-electron chi connectivity index (χ0n) is 10.9. The topological polar surface area (TPSA) is 61.4 Å². The summed E-state index contributed by atoms with van der Waals surface area (Å²) in [5.41, 5.74) is 0. The van der Waals surface area contributed by atoms with Crippen LogP contribution >= 0.6 is 0 Å². The van der Waals surface area contributed by atoms with Crippen molar-refractivity contribution in [3.8, 4) is 0 Å². The maximum atomic E-state index is 11.5. The van der Waals surface area contributed by atoms with Crippen LogP contribution < -0.4 is 10.6 Å². The van der Waals surface area contributed by atoms with E-state index >= 15 is 0 Å². The first-order chi connectivity index (χ1) is 8.27. The number of carbonyl (C=O) groups excluding carboxylic acids is 1. The molecule has 1 aliphatic carbocycles. The van der Waals surface area contributed by atoms with Crippen molar-refractivity contribution >= 4 is 5.91 Å². The Morgan fingerprint density at radius 1 is 1.29 bits per heavy atom. The second kappa shape index (κ2) is 8.48. The standard InChI is InChI=1S/C13H26N2O2/c1-2-7-14-9-13(17)15-8-11-5-3-4-6-12(11)10-16/h11-12,14,16H,2-10H2,1H3,(H,15,17). The van der Waals surface area contributed by atoms with Crippen LogP contribution in [-0.2, 0) is 4.79 Å². The van der Waals surface area contributed by atoms with E-state index in [9.17, 15) is 9.90 Å². The summed E-state index contributed by atoms with van der Waals surface area (Å²) in [5, 5.41) is 15.3. The van der Waals surface area contributed by atoms with Crippen LogP contribution in [0.25, 0.3) is 0 Å². The van der Waals surface area contributed by atoms with E-state index in [4.69, 9.17) is 0 Å². The van der Waals surface area contributed by atoms with E-state index in [-0.39, 0.29) is 12.5 Å². The minimum absolute atomic E-state index is 0.0701. The molecule has 0 aromatic rings. The molecule has 0 saturated heterocycles. The summed E-state index contributed by atoms with van der Waals surface area (Å²) < 4.78 is 0. The van der Waals surface area contributed by atoms with E-state index in [0.29, 0.717) is 18.4 Å². The van der Waals surface area contributed by atoms with Crippen molar-refractivity contribution in [3.05, 3.63) is 0 Å². The van der Waals surface area contributed by atoms with Crippen LogP contribution in [0.5, 0.6) is 0 Å². The molecule has 0 bridgehead atoms. The van der Waals surface area contributed by atoms with Gasteiger partial charge in [0.05, 0.1) is 6.54 Å². The molecule has 17 heavy (non-hydrogen) atoms. The van der Waals surface area contributed by atoms with Gasteiger partial charge in [-0.3, -0.25) is 4.79 Å². The zero-order chi connectivity index (χ0) is 12.5. The van der Waals surface area contributed by atoms with Gasteiger partial charge in [-0.1, -0.05) is 19.8 Å². The van der Waals surface area contributed by atoms with E-state index in [0.717, 1.165) is 32.4 Å². The molecule has 2 atom stereocenters. The van der Waals surface area contributed by atoms with E-state index in [1.807, 2.05) is 0 Å². The number of hydrogen-bond acceptors (Lipinski definition) is 3. The molecule has 1 fully saturated rings. The Hall–Kier alpha value is -0.610. The number of nitrogens with one attached hydrogen (secondary N) is 2. The third kappa shape index (κ3) is 5.50. The van der Waals surface area contributed by atoms with Gasteiger partial charge in [0.2, 0.25) is 5.91 Å². The largest absolute Gasteiger partial charge is 0.396 e. The normalized spacial score (nSPS) is 24.6. The lowest BCUT2D eigenvalue weighted by Crippen LogP contribution is -2.39. The molecule has 0 aromatic carbocycles. The summed E-state index contributed by atoms with van der Waals surface area (Å²) in [6.07, 6.45) is 5.72. The molecule has 0 radical (unpaired) electrons. The maximum Gasteiger partial charge on any atom is 0.233 e. The first kappa shape index (κ1) is 14.5. The van der Waals surface area contributed by atoms with Crippen molar-refractivity contribution < 1.29 is 9.90 Å². The van der Waals surface area contributed by atoms with Gasteiger partial charge in [-0.15, -0.1) is 0 Å². The van der Waals surface area contributed by atoms with Gasteiger partial charge in [-0.25, -0.2) is 0 Å². The average molecular weight is 242 g/mol. The predicted octanol–water partition coefficient (Wildman–Crippen LogP) is 0.901. The van der Waals surface area contributed by atoms with E-state index < -0.39 is 0 Å². The van der Waals surface area contributed by atoms with E-state index in [1.54, 1.807) is 0 Å². The van der Waals surface area contributed by atoms with Gasteiger partial charge in [0, 0.05) is 13.2 Å². The minimum Gasteiger partial charge on any atom is -0.396 e. The summed E-state index contributed by atoms with van der Waals surface area (Å²) in [5.74, 6) is 0.914. The van der Waals surface area contributed by atoms with Gasteiger partial charge in [0.1, 0.15) is 0 Å². The summed E-state index contributed by atoms with van der Waals surface area (Å²) in [6.45, 7) is 4.35. The molecule has 2 unspecified atom stereocenters. The van der Waals surface area contributed by atoms with Gasteiger partial charge < -0.3 is 15.7 Å². The van der Waals surface area contributed by atoms with Crippen LogP contribution in [0.1, 0.15) is 39.0 Å². The van der Waals surface area contributed by atoms with Crippen molar-refractivity contribution in [1.82, 2.24) is 10.6 Å². The van der Waals surface area contributed by atoms with Crippen LogP contribution in [0, 0.1) is 11.8 Å². The van der Waals surface area contributed by atoms with Crippen LogP contribution in [0.2, 0.25) is 0 Å². The van der Waals surface area contributed by atoms with Gasteiger partial charge in [0.25, 0.3) is 0 Å². The van der Waals surface area contributed by atoms with Crippen LogP contribution in [-0.4, -0.2) is 37.3 Å². The van der Waals surface area contributed by atoms with Crippen LogP contribution in [0.4, 0.5) is 0 Å². The van der Waals surface area contributed by atoms with Gasteiger partial charge in [-0.05, 0) is 37.6 Å². The molecule has 1 rings (SSSR count). The van der Waals surface area contributed by atoms with E-state index in [1.165, 1.54) is 12.8 Å². The van der Waals surface area contributed by atoms with Gasteiger partial charge in [-0.2, -0.15) is 0 Å². The number of hydrogen-bond donors (Lipinski definition) is 3. The second-order valence-electron chi connectivity index (χ2n) is 4.97. The molecular formula is C13H26N2O2. The summed E-state index contributed by atoms with van der Waals surface area (Å²) >= 11 is 0. The Bertz CT molecular complexity index is 221. The molecule has 0 heterocycles. The summed E-state index contributed by atoms with van der Waals surface area (Å²) in [6, 6.07) is 0. The molecular weight excluding hydrogens is 216 g/mol. The summed E-state index contributed by atoms with van der Waals surface area (Å²) in [4.78, 5) is 11.5. The number of carbonyl (C=O) groups is 1. The Labute approximate surface area is 104 Å². The quantitative estimate of drug-likeness (QED) is 0.581.